The van der Waals surface area contributed by atoms with E-state index in [0.29, 0.717) is 13.1 Å². The van der Waals surface area contributed by atoms with Gasteiger partial charge in [-0.2, -0.15) is 0 Å². The fourth-order valence-corrected chi connectivity index (χ4v) is 3.22. The highest BCUT2D eigenvalue weighted by Gasteiger charge is 2.53. The summed E-state index contributed by atoms with van der Waals surface area (Å²) in [5.41, 5.74) is -0.533. The number of nitrogens with zero attached hydrogens (tertiary/aromatic N) is 3. The number of nitrogens with one attached hydrogen (secondary N) is 1. The lowest BCUT2D eigenvalue weighted by Crippen LogP contribution is -2.43. The highest BCUT2D eigenvalue weighted by Crippen LogP contribution is 2.45. The minimum Gasteiger partial charge on any atom is -0.458 e. The van der Waals surface area contributed by atoms with Gasteiger partial charge in [0.1, 0.15) is 5.60 Å². The zero-order chi connectivity index (χ0) is 14.0. The van der Waals surface area contributed by atoms with Crippen LogP contribution in [0.2, 0.25) is 0 Å². The molecule has 1 aromatic rings. The van der Waals surface area contributed by atoms with Gasteiger partial charge < -0.3 is 10.1 Å². The van der Waals surface area contributed by atoms with Crippen molar-refractivity contribution in [3.05, 3.63) is 12.4 Å². The fraction of sp³-hybridized carbons (Fsp3) is 0.692. The number of rotatable bonds is 4. The summed E-state index contributed by atoms with van der Waals surface area (Å²) in [6, 6.07) is 0. The molecule has 108 valence electrons. The summed E-state index contributed by atoms with van der Waals surface area (Å²) in [5, 5.41) is 10.4. The molecular formula is C13H18N4O3. The molecular weight excluding hydrogens is 260 g/mol. The molecule has 2 aliphatic rings. The zero-order valence-corrected chi connectivity index (χ0v) is 11.2. The first-order valence-corrected chi connectivity index (χ1v) is 7.03. The van der Waals surface area contributed by atoms with E-state index in [1.165, 1.54) is 0 Å². The summed E-state index contributed by atoms with van der Waals surface area (Å²) < 4.78 is 7.12. The Hall–Kier alpha value is -1.92. The summed E-state index contributed by atoms with van der Waals surface area (Å²) in [7, 11) is 0. The molecule has 7 nitrogen and oxygen atoms in total. The average molecular weight is 278 g/mol. The Labute approximate surface area is 116 Å². The molecule has 1 spiro atoms. The van der Waals surface area contributed by atoms with E-state index in [1.54, 1.807) is 17.1 Å². The lowest BCUT2D eigenvalue weighted by Gasteiger charge is -2.27. The molecule has 0 aromatic carbocycles. The van der Waals surface area contributed by atoms with Crippen LogP contribution in [0.5, 0.6) is 0 Å². The van der Waals surface area contributed by atoms with E-state index in [0.717, 1.165) is 25.7 Å². The number of esters is 1. The number of amides is 1. The number of carbonyl (C=O) groups is 2. The Kier molecular flexibility index (Phi) is 3.42. The number of hydrogen-bond donors (Lipinski definition) is 1. The van der Waals surface area contributed by atoms with Gasteiger partial charge in [-0.05, 0) is 25.7 Å². The van der Waals surface area contributed by atoms with E-state index in [1.807, 2.05) is 0 Å². The summed E-state index contributed by atoms with van der Waals surface area (Å²) in [6.07, 6.45) is 7.20. The van der Waals surface area contributed by atoms with Crippen LogP contribution in [0.3, 0.4) is 0 Å². The molecule has 1 atom stereocenters. The van der Waals surface area contributed by atoms with Crippen molar-refractivity contribution in [3.8, 4) is 0 Å². The van der Waals surface area contributed by atoms with Crippen LogP contribution < -0.4 is 5.32 Å². The molecule has 0 bridgehead atoms. The fourth-order valence-electron chi connectivity index (χ4n) is 3.22. The van der Waals surface area contributed by atoms with Gasteiger partial charge in [-0.1, -0.05) is 5.21 Å². The maximum Gasteiger partial charge on any atom is 0.307 e. The molecule has 2 heterocycles. The van der Waals surface area contributed by atoms with Crippen LogP contribution in [0.25, 0.3) is 0 Å². The van der Waals surface area contributed by atoms with Gasteiger partial charge >= 0.3 is 5.97 Å². The zero-order valence-electron chi connectivity index (χ0n) is 11.2. The first-order chi connectivity index (χ1) is 9.70. The first kappa shape index (κ1) is 13.1. The van der Waals surface area contributed by atoms with Crippen molar-refractivity contribution in [2.45, 2.75) is 44.2 Å². The van der Waals surface area contributed by atoms with Crippen molar-refractivity contribution in [1.29, 1.82) is 0 Å². The van der Waals surface area contributed by atoms with Crippen molar-refractivity contribution >= 4 is 11.9 Å². The van der Waals surface area contributed by atoms with Gasteiger partial charge in [-0.3, -0.25) is 14.3 Å². The third-order valence-electron chi connectivity index (χ3n) is 4.20. The molecule has 7 heteroatoms. The Morgan fingerprint density at radius 3 is 3.00 bits per heavy atom. The summed E-state index contributed by atoms with van der Waals surface area (Å²) in [5.74, 6) is -0.672. The maximum atomic E-state index is 12.3. The molecule has 0 unspecified atom stereocenters. The maximum absolute atomic E-state index is 12.3. The van der Waals surface area contributed by atoms with E-state index in [2.05, 4.69) is 15.6 Å². The highest BCUT2D eigenvalue weighted by molar-refractivity contribution is 5.87. The van der Waals surface area contributed by atoms with Gasteiger partial charge in [0.2, 0.25) is 5.91 Å². The number of hydrogen-bond acceptors (Lipinski definition) is 5. The Morgan fingerprint density at radius 2 is 2.30 bits per heavy atom. The van der Waals surface area contributed by atoms with Gasteiger partial charge in [-0.15, -0.1) is 5.10 Å². The van der Waals surface area contributed by atoms with Crippen LogP contribution >= 0.6 is 0 Å². The number of aromatic nitrogens is 3. The van der Waals surface area contributed by atoms with E-state index in [-0.39, 0.29) is 24.2 Å². The van der Waals surface area contributed by atoms with E-state index in [4.69, 9.17) is 4.74 Å². The Balaban J connectivity index is 1.57. The van der Waals surface area contributed by atoms with Crippen molar-refractivity contribution in [1.82, 2.24) is 20.3 Å². The predicted molar refractivity (Wildman–Crippen MR) is 68.4 cm³/mol. The van der Waals surface area contributed by atoms with Crippen molar-refractivity contribution < 1.29 is 14.3 Å². The molecule has 1 saturated heterocycles. The van der Waals surface area contributed by atoms with Crippen LogP contribution in [0, 0.1) is 5.92 Å². The molecule has 2 fully saturated rings. The topological polar surface area (TPSA) is 86.1 Å². The minimum atomic E-state index is -0.533. The number of carbonyl (C=O) groups excluding carboxylic acids is 2. The van der Waals surface area contributed by atoms with Crippen LogP contribution in [0.1, 0.15) is 32.1 Å². The van der Waals surface area contributed by atoms with E-state index in [9.17, 15) is 9.59 Å². The summed E-state index contributed by atoms with van der Waals surface area (Å²) >= 11 is 0. The van der Waals surface area contributed by atoms with Gasteiger partial charge in [0.25, 0.3) is 0 Å². The second kappa shape index (κ2) is 5.22. The quantitative estimate of drug-likeness (QED) is 0.799. The SMILES string of the molecule is O=C1C[C@@H](C(=O)NCCn2ccnn2)C2(CCCC2)O1. The summed E-state index contributed by atoms with van der Waals surface area (Å²) in [6.45, 7) is 1.04. The molecule has 1 aliphatic carbocycles. The smallest absolute Gasteiger partial charge is 0.307 e. The number of ether oxygens (including phenoxy) is 1. The lowest BCUT2D eigenvalue weighted by molar-refractivity contribution is -0.149. The van der Waals surface area contributed by atoms with Crippen molar-refractivity contribution in [2.24, 2.45) is 5.92 Å². The van der Waals surface area contributed by atoms with E-state index < -0.39 is 5.60 Å². The third-order valence-corrected chi connectivity index (χ3v) is 4.20. The third kappa shape index (κ3) is 2.39. The van der Waals surface area contributed by atoms with Crippen LogP contribution in [0.15, 0.2) is 12.4 Å². The predicted octanol–water partition coefficient (Wildman–Crippen LogP) is 0.270. The second-order valence-electron chi connectivity index (χ2n) is 5.46. The molecule has 1 saturated carbocycles. The van der Waals surface area contributed by atoms with Crippen LogP contribution in [0.4, 0.5) is 0 Å². The Bertz CT molecular complexity index is 494. The normalized spacial score (nSPS) is 24.0. The van der Waals surface area contributed by atoms with Crippen molar-refractivity contribution in [3.63, 3.8) is 0 Å². The monoisotopic (exact) mass is 278 g/mol. The molecule has 1 aromatic heterocycles. The molecule has 20 heavy (non-hydrogen) atoms. The van der Waals surface area contributed by atoms with E-state index >= 15 is 0 Å². The molecule has 1 aliphatic heterocycles. The van der Waals surface area contributed by atoms with Crippen LogP contribution in [-0.2, 0) is 20.9 Å². The molecule has 1 amide bonds. The van der Waals surface area contributed by atoms with Crippen LogP contribution in [-0.4, -0.2) is 39.0 Å². The van der Waals surface area contributed by atoms with Gasteiger partial charge in [0.15, 0.2) is 0 Å². The first-order valence-electron chi connectivity index (χ1n) is 7.03. The second-order valence-corrected chi connectivity index (χ2v) is 5.46. The average Bonchev–Trinajstić information content (AvgIpc) is 3.12. The lowest BCUT2D eigenvalue weighted by atomic mass is 9.85. The largest absolute Gasteiger partial charge is 0.458 e. The molecule has 1 N–H and O–H groups in total. The summed E-state index contributed by atoms with van der Waals surface area (Å²) in [4.78, 5) is 23.8. The van der Waals surface area contributed by atoms with Crippen molar-refractivity contribution in [2.75, 3.05) is 6.54 Å². The van der Waals surface area contributed by atoms with Gasteiger partial charge in [0, 0.05) is 12.7 Å². The highest BCUT2D eigenvalue weighted by atomic mass is 16.6. The molecule has 0 radical (unpaired) electrons. The standard InChI is InChI=1S/C13H18N4O3/c18-11-9-10(13(20-11)3-1-2-4-13)12(19)14-5-7-17-8-6-15-16-17/h6,8,10H,1-5,7,9H2,(H,14,19)/t10-/m0/s1. The van der Waals surface area contributed by atoms with Gasteiger partial charge in [0.05, 0.1) is 25.1 Å². The van der Waals surface area contributed by atoms with Gasteiger partial charge in [-0.25, -0.2) is 0 Å². The Morgan fingerprint density at radius 1 is 1.50 bits per heavy atom. The minimum absolute atomic E-state index is 0.0853. The molecule has 3 rings (SSSR count).